The molecule has 0 amide bonds. The SMILES string of the molecule is CCCCCCCCCC(=O)O[C@H]1[C@H](OC[C@@H](O)[C@@H](O)CO)O[C@H](CO)[C@@H](O)[C@@H]1OC(=O)CCCCCCCCC. The fraction of sp³-hybridized carbons (Fsp3) is 0.933. The molecule has 1 aliphatic rings. The molecule has 1 aliphatic heterocycles. The Morgan fingerprint density at radius 2 is 1.17 bits per heavy atom. The van der Waals surface area contributed by atoms with Crippen LogP contribution in [-0.2, 0) is 28.5 Å². The number of carbonyl (C=O) groups is 2. The van der Waals surface area contributed by atoms with Crippen molar-refractivity contribution in [3.8, 4) is 0 Å². The third kappa shape index (κ3) is 15.6. The predicted octanol–water partition coefficient (Wildman–Crippen LogP) is 2.90. The maximum absolute atomic E-state index is 12.8. The topological polar surface area (TPSA) is 172 Å². The van der Waals surface area contributed by atoms with Crippen LogP contribution in [0.2, 0.25) is 0 Å². The van der Waals surface area contributed by atoms with E-state index in [4.69, 9.17) is 24.1 Å². The van der Waals surface area contributed by atoms with E-state index in [1.165, 1.54) is 12.8 Å². The number of carbonyl (C=O) groups excluding carboxylic acids is 2. The molecule has 0 aliphatic carbocycles. The molecule has 11 nitrogen and oxygen atoms in total. The number of unbranched alkanes of at least 4 members (excludes halogenated alkanes) is 12. The van der Waals surface area contributed by atoms with E-state index in [1.54, 1.807) is 0 Å². The third-order valence-electron chi connectivity index (χ3n) is 7.36. The molecular formula is C30H56O11. The standard InChI is InChI=1S/C30H56O11/c1-3-5-7-9-11-13-15-17-25(35)40-28-27(37)24(20-32)39-30(38-21-23(34)22(33)19-31)29(28)41-26(36)18-16-14-12-10-8-6-4-2/h22-24,27-34,37H,3-21H2,1-2H3/t22-,23+,24+,27+,28-,29+,30+/m0/s1. The van der Waals surface area contributed by atoms with E-state index in [0.717, 1.165) is 64.2 Å². The molecule has 0 unspecified atom stereocenters. The number of esters is 2. The van der Waals surface area contributed by atoms with Crippen molar-refractivity contribution in [1.29, 1.82) is 0 Å². The Labute approximate surface area is 245 Å². The third-order valence-corrected chi connectivity index (χ3v) is 7.36. The van der Waals surface area contributed by atoms with E-state index < -0.39 is 74.7 Å². The summed E-state index contributed by atoms with van der Waals surface area (Å²) in [4.78, 5) is 25.5. The molecule has 1 rings (SSSR count). The lowest BCUT2D eigenvalue weighted by Gasteiger charge is -2.43. The zero-order chi connectivity index (χ0) is 30.5. The number of rotatable bonds is 24. The molecule has 7 atom stereocenters. The Kier molecular flexibility index (Phi) is 21.3. The van der Waals surface area contributed by atoms with Gasteiger partial charge in [-0.15, -0.1) is 0 Å². The highest BCUT2D eigenvalue weighted by Gasteiger charge is 2.50. The van der Waals surface area contributed by atoms with Crippen LogP contribution >= 0.6 is 0 Å². The van der Waals surface area contributed by atoms with Crippen LogP contribution in [0.4, 0.5) is 0 Å². The Balaban J connectivity index is 2.84. The van der Waals surface area contributed by atoms with Crippen LogP contribution in [0.3, 0.4) is 0 Å². The minimum Gasteiger partial charge on any atom is -0.455 e. The summed E-state index contributed by atoms with van der Waals surface area (Å²) in [5, 5.41) is 49.4. The normalized spacial score (nSPS) is 24.1. The molecule has 11 heteroatoms. The summed E-state index contributed by atoms with van der Waals surface area (Å²) in [6.45, 7) is 2.46. The molecule has 1 fully saturated rings. The summed E-state index contributed by atoms with van der Waals surface area (Å²) in [6, 6.07) is 0. The van der Waals surface area contributed by atoms with E-state index in [9.17, 15) is 30.0 Å². The summed E-state index contributed by atoms with van der Waals surface area (Å²) < 4.78 is 22.4. The fourth-order valence-electron chi connectivity index (χ4n) is 4.74. The minimum atomic E-state index is -1.50. The molecule has 0 spiro atoms. The number of ether oxygens (including phenoxy) is 4. The molecule has 0 bridgehead atoms. The quantitative estimate of drug-likeness (QED) is 0.0824. The van der Waals surface area contributed by atoms with Crippen molar-refractivity contribution in [3.05, 3.63) is 0 Å². The Bertz CT molecular complexity index is 677. The maximum Gasteiger partial charge on any atom is 0.306 e. The number of aliphatic hydroxyl groups excluding tert-OH is 5. The second kappa shape index (κ2) is 23.2. The number of hydrogen-bond donors (Lipinski definition) is 5. The second-order valence-electron chi connectivity index (χ2n) is 11.0. The van der Waals surface area contributed by atoms with Gasteiger partial charge in [-0.3, -0.25) is 9.59 Å². The van der Waals surface area contributed by atoms with Gasteiger partial charge in [0.15, 0.2) is 18.5 Å². The van der Waals surface area contributed by atoms with Gasteiger partial charge in [0, 0.05) is 12.8 Å². The lowest BCUT2D eigenvalue weighted by atomic mass is 9.98. The van der Waals surface area contributed by atoms with Crippen LogP contribution < -0.4 is 0 Å². The molecule has 0 aromatic heterocycles. The molecule has 0 aromatic carbocycles. The van der Waals surface area contributed by atoms with E-state index >= 15 is 0 Å². The van der Waals surface area contributed by atoms with Gasteiger partial charge in [0.1, 0.15) is 24.4 Å². The zero-order valence-corrected chi connectivity index (χ0v) is 25.2. The molecule has 0 aromatic rings. The summed E-state index contributed by atoms with van der Waals surface area (Å²) in [6.07, 6.45) is 4.57. The summed E-state index contributed by atoms with van der Waals surface area (Å²) in [7, 11) is 0. The molecule has 41 heavy (non-hydrogen) atoms. The number of hydrogen-bond acceptors (Lipinski definition) is 11. The molecule has 5 N–H and O–H groups in total. The lowest BCUT2D eigenvalue weighted by Crippen LogP contribution is -2.62. The van der Waals surface area contributed by atoms with Crippen molar-refractivity contribution in [2.75, 3.05) is 19.8 Å². The van der Waals surface area contributed by atoms with Gasteiger partial charge in [0.05, 0.1) is 19.8 Å². The van der Waals surface area contributed by atoms with E-state index in [0.29, 0.717) is 12.8 Å². The molecule has 242 valence electrons. The predicted molar refractivity (Wildman–Crippen MR) is 152 cm³/mol. The van der Waals surface area contributed by atoms with E-state index in [-0.39, 0.29) is 12.8 Å². The maximum atomic E-state index is 12.8. The van der Waals surface area contributed by atoms with Gasteiger partial charge in [-0.1, -0.05) is 90.9 Å². The van der Waals surface area contributed by atoms with Crippen LogP contribution in [0, 0.1) is 0 Å². The number of aliphatic hydroxyl groups is 5. The largest absolute Gasteiger partial charge is 0.455 e. The average Bonchev–Trinajstić information content (AvgIpc) is 2.96. The van der Waals surface area contributed by atoms with E-state index in [1.807, 2.05) is 0 Å². The van der Waals surface area contributed by atoms with Gasteiger partial charge in [-0.05, 0) is 12.8 Å². The van der Waals surface area contributed by atoms with Crippen molar-refractivity contribution < 1.29 is 54.1 Å². The van der Waals surface area contributed by atoms with Crippen LogP contribution in [-0.4, -0.2) is 100 Å². The van der Waals surface area contributed by atoms with Crippen LogP contribution in [0.1, 0.15) is 117 Å². The lowest BCUT2D eigenvalue weighted by molar-refractivity contribution is -0.311. The van der Waals surface area contributed by atoms with Gasteiger partial charge in [-0.25, -0.2) is 0 Å². The Hall–Kier alpha value is -1.34. The highest BCUT2D eigenvalue weighted by Crippen LogP contribution is 2.28. The Morgan fingerprint density at radius 3 is 1.63 bits per heavy atom. The van der Waals surface area contributed by atoms with Crippen molar-refractivity contribution in [3.63, 3.8) is 0 Å². The summed E-state index contributed by atoms with van der Waals surface area (Å²) in [5.41, 5.74) is 0. The monoisotopic (exact) mass is 592 g/mol. The molecule has 0 saturated carbocycles. The zero-order valence-electron chi connectivity index (χ0n) is 25.2. The first kappa shape index (κ1) is 37.7. The average molecular weight is 593 g/mol. The molecule has 1 saturated heterocycles. The summed E-state index contributed by atoms with van der Waals surface area (Å²) >= 11 is 0. The Morgan fingerprint density at radius 1 is 0.707 bits per heavy atom. The smallest absolute Gasteiger partial charge is 0.306 e. The van der Waals surface area contributed by atoms with Crippen molar-refractivity contribution in [2.45, 2.75) is 159 Å². The van der Waals surface area contributed by atoms with Gasteiger partial charge in [-0.2, -0.15) is 0 Å². The van der Waals surface area contributed by atoms with E-state index in [2.05, 4.69) is 13.8 Å². The van der Waals surface area contributed by atoms with Crippen molar-refractivity contribution >= 4 is 11.9 Å². The molecule has 0 radical (unpaired) electrons. The first-order valence-corrected chi connectivity index (χ1v) is 15.7. The molecular weight excluding hydrogens is 536 g/mol. The first-order valence-electron chi connectivity index (χ1n) is 15.7. The van der Waals surface area contributed by atoms with Gasteiger partial charge >= 0.3 is 11.9 Å². The van der Waals surface area contributed by atoms with Gasteiger partial charge in [0.25, 0.3) is 0 Å². The highest BCUT2D eigenvalue weighted by atomic mass is 16.7. The first-order chi connectivity index (χ1) is 19.8. The van der Waals surface area contributed by atoms with Crippen molar-refractivity contribution in [2.24, 2.45) is 0 Å². The van der Waals surface area contributed by atoms with Crippen molar-refractivity contribution in [1.82, 2.24) is 0 Å². The van der Waals surface area contributed by atoms with Crippen LogP contribution in [0.25, 0.3) is 0 Å². The summed E-state index contributed by atoms with van der Waals surface area (Å²) in [5.74, 6) is -1.16. The highest BCUT2D eigenvalue weighted by molar-refractivity contribution is 5.70. The van der Waals surface area contributed by atoms with Crippen LogP contribution in [0.5, 0.6) is 0 Å². The minimum absolute atomic E-state index is 0.112. The van der Waals surface area contributed by atoms with Crippen LogP contribution in [0.15, 0.2) is 0 Å². The second-order valence-corrected chi connectivity index (χ2v) is 11.0. The van der Waals surface area contributed by atoms with Gasteiger partial charge in [0.2, 0.25) is 0 Å². The van der Waals surface area contributed by atoms with Gasteiger partial charge < -0.3 is 44.5 Å². The fourth-order valence-corrected chi connectivity index (χ4v) is 4.74. The molecule has 1 heterocycles.